The number of esters is 1. The maximum absolute atomic E-state index is 12.5. The van der Waals surface area contributed by atoms with Crippen molar-refractivity contribution < 1.29 is 43.6 Å². The number of benzene rings is 1. The van der Waals surface area contributed by atoms with Gasteiger partial charge >= 0.3 is 12.1 Å². The van der Waals surface area contributed by atoms with E-state index in [4.69, 9.17) is 25.8 Å². The topological polar surface area (TPSA) is 179 Å². The molecular weight excluding hydrogens is 506 g/mol. The second-order valence-electron chi connectivity index (χ2n) is 8.03. The monoisotopic (exact) mass is 523 g/mol. The molecule has 1 aliphatic carbocycles. The Hall–Kier alpha value is -4.04. The van der Waals surface area contributed by atoms with Crippen molar-refractivity contribution in [3.8, 4) is 5.75 Å². The fraction of sp³-hybridized carbons (Fsp3) is 0.381. The molecule has 4 atom stereocenters. The number of ether oxygens (including phenoxy) is 3. The van der Waals surface area contributed by atoms with Crippen LogP contribution in [0.3, 0.4) is 0 Å². The molecule has 36 heavy (non-hydrogen) atoms. The fourth-order valence-electron chi connectivity index (χ4n) is 4.20. The van der Waals surface area contributed by atoms with Gasteiger partial charge in [0, 0.05) is 22.3 Å². The molecule has 0 unspecified atom stereocenters. The van der Waals surface area contributed by atoms with Gasteiger partial charge in [0.1, 0.15) is 18.3 Å². The minimum atomic E-state index is -1.38. The SMILES string of the molecule is Cc1ncc2c(c1OC(=O)OC(=O)[C@H]1C[C@H](O[N+](=O)[O-])[C@H](O[N+](=O)[O-])C1)CO[C@H]2c1ccc(Cl)cc1. The van der Waals surface area contributed by atoms with Crippen molar-refractivity contribution in [3.63, 3.8) is 0 Å². The van der Waals surface area contributed by atoms with Gasteiger partial charge in [0.25, 0.3) is 10.2 Å². The summed E-state index contributed by atoms with van der Waals surface area (Å²) in [5, 5.41) is 19.6. The number of carbonyl (C=O) groups excluding carboxylic acids is 2. The predicted octanol–water partition coefficient (Wildman–Crippen LogP) is 3.27. The predicted molar refractivity (Wildman–Crippen MR) is 116 cm³/mol. The molecule has 1 saturated carbocycles. The van der Waals surface area contributed by atoms with E-state index in [-0.39, 0.29) is 25.2 Å². The van der Waals surface area contributed by atoms with Gasteiger partial charge < -0.3 is 23.9 Å². The third-order valence-corrected chi connectivity index (χ3v) is 6.04. The first-order chi connectivity index (χ1) is 17.1. The molecule has 1 fully saturated rings. The summed E-state index contributed by atoms with van der Waals surface area (Å²) in [4.78, 5) is 59.1. The Balaban J connectivity index is 1.44. The summed E-state index contributed by atoms with van der Waals surface area (Å²) in [6.45, 7) is 1.70. The smallest absolute Gasteiger partial charge is 0.392 e. The maximum Gasteiger partial charge on any atom is 0.521 e. The first-order valence-electron chi connectivity index (χ1n) is 10.5. The van der Waals surface area contributed by atoms with Gasteiger partial charge in [-0.15, -0.1) is 20.2 Å². The number of halogens is 1. The molecular formula is C21H18ClN3O11. The summed E-state index contributed by atoms with van der Waals surface area (Å²) in [5.74, 6) is -2.16. The summed E-state index contributed by atoms with van der Waals surface area (Å²) in [5.41, 5.74) is 2.36. The fourth-order valence-corrected chi connectivity index (χ4v) is 4.32. The quantitative estimate of drug-likeness (QED) is 0.224. The average molecular weight is 524 g/mol. The van der Waals surface area contributed by atoms with Gasteiger partial charge in [0.05, 0.1) is 18.2 Å². The van der Waals surface area contributed by atoms with Crippen LogP contribution in [0.5, 0.6) is 5.75 Å². The molecule has 1 aromatic heterocycles. The van der Waals surface area contributed by atoms with Gasteiger partial charge in [-0.1, -0.05) is 23.7 Å². The lowest BCUT2D eigenvalue weighted by molar-refractivity contribution is -0.797. The number of aryl methyl sites for hydroxylation is 1. The second-order valence-corrected chi connectivity index (χ2v) is 8.46. The summed E-state index contributed by atoms with van der Waals surface area (Å²) in [6, 6.07) is 7.02. The molecule has 0 N–H and O–H groups in total. The number of aromatic nitrogens is 1. The Morgan fingerprint density at radius 1 is 1.08 bits per heavy atom. The lowest BCUT2D eigenvalue weighted by Gasteiger charge is -2.14. The van der Waals surface area contributed by atoms with E-state index in [9.17, 15) is 29.8 Å². The molecule has 0 amide bonds. The maximum atomic E-state index is 12.5. The average Bonchev–Trinajstić information content (AvgIpc) is 3.40. The van der Waals surface area contributed by atoms with Gasteiger partial charge in [-0.2, -0.15) is 0 Å². The zero-order chi connectivity index (χ0) is 26.0. The van der Waals surface area contributed by atoms with E-state index in [0.717, 1.165) is 5.56 Å². The van der Waals surface area contributed by atoms with Crippen LogP contribution in [0.1, 0.15) is 41.3 Å². The van der Waals surface area contributed by atoms with Crippen LogP contribution in [0.25, 0.3) is 0 Å². The van der Waals surface area contributed by atoms with E-state index in [0.29, 0.717) is 21.8 Å². The van der Waals surface area contributed by atoms with Gasteiger partial charge in [-0.05, 0) is 37.5 Å². The molecule has 0 saturated heterocycles. The Morgan fingerprint density at radius 3 is 2.28 bits per heavy atom. The van der Waals surface area contributed by atoms with Crippen LogP contribution in [0.2, 0.25) is 5.02 Å². The van der Waals surface area contributed by atoms with Gasteiger partial charge in [0.15, 0.2) is 5.75 Å². The molecule has 14 nitrogen and oxygen atoms in total. The van der Waals surface area contributed by atoms with Crippen LogP contribution in [0, 0.1) is 33.1 Å². The molecule has 2 aromatic rings. The van der Waals surface area contributed by atoms with Gasteiger partial charge in [0.2, 0.25) is 0 Å². The van der Waals surface area contributed by atoms with Crippen molar-refractivity contribution in [2.75, 3.05) is 0 Å². The Morgan fingerprint density at radius 2 is 1.69 bits per heavy atom. The van der Waals surface area contributed by atoms with Crippen molar-refractivity contribution in [3.05, 3.63) is 78.1 Å². The summed E-state index contributed by atoms with van der Waals surface area (Å²) >= 11 is 5.94. The van der Waals surface area contributed by atoms with Gasteiger partial charge in [-0.3, -0.25) is 9.78 Å². The van der Waals surface area contributed by atoms with Crippen LogP contribution in [0.4, 0.5) is 4.79 Å². The molecule has 0 bridgehead atoms. The van der Waals surface area contributed by atoms with E-state index in [1.54, 1.807) is 37.4 Å². The second kappa shape index (κ2) is 10.3. The molecule has 15 heteroatoms. The number of rotatable bonds is 7. The Bertz CT molecular complexity index is 1180. The highest BCUT2D eigenvalue weighted by atomic mass is 35.5. The number of carbonyl (C=O) groups is 2. The Labute approximate surface area is 207 Å². The van der Waals surface area contributed by atoms with Crippen molar-refractivity contribution in [1.82, 2.24) is 4.98 Å². The zero-order valence-electron chi connectivity index (χ0n) is 18.5. The largest absolute Gasteiger partial charge is 0.521 e. The van der Waals surface area contributed by atoms with Crippen LogP contribution < -0.4 is 4.74 Å². The lowest BCUT2D eigenvalue weighted by atomic mass is 10.0. The number of fused-ring (bicyclic) bond motifs is 1. The third kappa shape index (κ3) is 5.44. The van der Waals surface area contributed by atoms with E-state index >= 15 is 0 Å². The Kier molecular flexibility index (Phi) is 7.17. The van der Waals surface area contributed by atoms with Crippen molar-refractivity contribution in [2.24, 2.45) is 5.92 Å². The van der Waals surface area contributed by atoms with E-state index in [2.05, 4.69) is 14.7 Å². The summed E-state index contributed by atoms with van der Waals surface area (Å²) in [7, 11) is 0. The van der Waals surface area contributed by atoms with E-state index < -0.39 is 46.5 Å². The first-order valence-corrected chi connectivity index (χ1v) is 10.9. The van der Waals surface area contributed by atoms with Gasteiger partial charge in [-0.25, -0.2) is 4.79 Å². The van der Waals surface area contributed by atoms with E-state index in [1.165, 1.54) is 0 Å². The van der Waals surface area contributed by atoms with Crippen molar-refractivity contribution >= 4 is 23.7 Å². The zero-order valence-corrected chi connectivity index (χ0v) is 19.3. The molecule has 4 rings (SSSR count). The van der Waals surface area contributed by atoms with Crippen LogP contribution in [-0.2, 0) is 30.6 Å². The molecule has 0 radical (unpaired) electrons. The molecule has 2 aliphatic rings. The highest BCUT2D eigenvalue weighted by Crippen LogP contribution is 2.41. The van der Waals surface area contributed by atoms with Crippen LogP contribution in [-0.4, -0.2) is 39.5 Å². The summed E-state index contributed by atoms with van der Waals surface area (Å²) in [6.07, 6.45) is -3.66. The normalized spacial score (nSPS) is 22.4. The summed E-state index contributed by atoms with van der Waals surface area (Å²) < 4.78 is 15.9. The number of hydrogen-bond donors (Lipinski definition) is 0. The van der Waals surface area contributed by atoms with Crippen molar-refractivity contribution in [1.29, 1.82) is 0 Å². The molecule has 190 valence electrons. The minimum Gasteiger partial charge on any atom is -0.392 e. The van der Waals surface area contributed by atoms with E-state index in [1.807, 2.05) is 0 Å². The number of nitrogens with zero attached hydrogens (tertiary/aromatic N) is 3. The minimum absolute atomic E-state index is 0.0670. The molecule has 1 aromatic carbocycles. The molecule has 2 heterocycles. The third-order valence-electron chi connectivity index (χ3n) is 5.79. The van der Waals surface area contributed by atoms with Crippen LogP contribution >= 0.6 is 11.6 Å². The first kappa shape index (κ1) is 25.1. The number of pyridine rings is 1. The lowest BCUT2D eigenvalue weighted by Crippen LogP contribution is -2.30. The standard InChI is InChI=1S/C21H18ClN3O11/c1-10-18(15-9-32-19(14(15)8-23-10)11-2-4-13(22)5-3-11)33-21(27)34-20(26)12-6-16(35-24(28)29)17(7-12)36-25(30)31/h2-5,8,12,16-17,19H,6-7,9H2,1H3/t12-,16-,17+,19-/m0/s1. The van der Waals surface area contributed by atoms with Crippen LogP contribution in [0.15, 0.2) is 30.5 Å². The molecule has 1 aliphatic heterocycles. The molecule has 0 spiro atoms. The number of hydrogen-bond acceptors (Lipinski definition) is 12. The van der Waals surface area contributed by atoms with Crippen molar-refractivity contribution in [2.45, 2.75) is 44.7 Å². The highest BCUT2D eigenvalue weighted by molar-refractivity contribution is 6.30. The highest BCUT2D eigenvalue weighted by Gasteiger charge is 2.44.